The minimum Gasteiger partial charge on any atom is -0.467 e. The topological polar surface area (TPSA) is 60.2 Å². The van der Waals surface area contributed by atoms with E-state index < -0.39 is 6.04 Å². The zero-order valence-electron chi connectivity index (χ0n) is 12.2. The van der Waals surface area contributed by atoms with Gasteiger partial charge in [-0.3, -0.25) is 9.98 Å². The first-order valence-electron chi connectivity index (χ1n) is 6.61. The van der Waals surface area contributed by atoms with Crippen molar-refractivity contribution >= 4 is 39.6 Å². The molecule has 0 saturated heterocycles. The lowest BCUT2D eigenvalue weighted by Gasteiger charge is -2.27. The third-order valence-corrected chi connectivity index (χ3v) is 5.71. The Labute approximate surface area is 128 Å². The molecule has 0 fully saturated rings. The lowest BCUT2D eigenvalue weighted by Crippen LogP contribution is -2.41. The normalized spacial score (nSPS) is 27.4. The summed E-state index contributed by atoms with van der Waals surface area (Å²) in [6.07, 6.45) is -0.0441. The van der Waals surface area contributed by atoms with E-state index in [2.05, 4.69) is 23.8 Å². The van der Waals surface area contributed by atoms with E-state index in [9.17, 15) is 4.79 Å². The number of esters is 1. The zero-order chi connectivity index (χ0) is 14.7. The van der Waals surface area contributed by atoms with Crippen LogP contribution in [0.3, 0.4) is 0 Å². The molecule has 0 aromatic carbocycles. The van der Waals surface area contributed by atoms with Crippen LogP contribution in [-0.2, 0) is 14.3 Å². The Morgan fingerprint density at radius 3 is 2.60 bits per heavy atom. The molecule has 7 heteroatoms. The van der Waals surface area contributed by atoms with E-state index in [0.717, 1.165) is 22.4 Å². The van der Waals surface area contributed by atoms with Gasteiger partial charge in [-0.1, -0.05) is 25.6 Å². The van der Waals surface area contributed by atoms with Crippen molar-refractivity contribution in [1.82, 2.24) is 0 Å². The highest BCUT2D eigenvalue weighted by Gasteiger charge is 2.43. The van der Waals surface area contributed by atoms with Gasteiger partial charge in [-0.15, -0.1) is 11.8 Å². The van der Waals surface area contributed by atoms with Gasteiger partial charge in [-0.05, 0) is 5.92 Å². The van der Waals surface area contributed by atoms with E-state index in [4.69, 9.17) is 9.47 Å². The van der Waals surface area contributed by atoms with Gasteiger partial charge in [0.15, 0.2) is 6.04 Å². The third-order valence-electron chi connectivity index (χ3n) is 3.28. The molecule has 3 unspecified atom stereocenters. The summed E-state index contributed by atoms with van der Waals surface area (Å²) in [7, 11) is 3.08. The SMILES string of the molecule is COC(=O)C1N=C(C2=NCCS2)SC1C(OC)C(C)C. The predicted molar refractivity (Wildman–Crippen MR) is 85.0 cm³/mol. The van der Waals surface area contributed by atoms with Crippen molar-refractivity contribution in [2.24, 2.45) is 15.9 Å². The molecule has 20 heavy (non-hydrogen) atoms. The zero-order valence-corrected chi connectivity index (χ0v) is 13.8. The summed E-state index contributed by atoms with van der Waals surface area (Å²) in [5, 5.41) is 1.76. The molecule has 0 N–H and O–H groups in total. The fourth-order valence-corrected chi connectivity index (χ4v) is 4.85. The average molecular weight is 316 g/mol. The Hall–Kier alpha value is -0.530. The highest BCUT2D eigenvalue weighted by molar-refractivity contribution is 8.25. The fraction of sp³-hybridized carbons (Fsp3) is 0.769. The molecule has 0 radical (unpaired) electrons. The van der Waals surface area contributed by atoms with Gasteiger partial charge in [0, 0.05) is 19.4 Å². The van der Waals surface area contributed by atoms with E-state index in [0.29, 0.717) is 5.92 Å². The lowest BCUT2D eigenvalue weighted by atomic mass is 9.99. The van der Waals surface area contributed by atoms with Crippen LogP contribution in [0.25, 0.3) is 0 Å². The number of thioether (sulfide) groups is 2. The van der Waals surface area contributed by atoms with Gasteiger partial charge < -0.3 is 9.47 Å². The monoisotopic (exact) mass is 316 g/mol. The van der Waals surface area contributed by atoms with Gasteiger partial charge in [0.1, 0.15) is 10.1 Å². The highest BCUT2D eigenvalue weighted by Crippen LogP contribution is 2.36. The van der Waals surface area contributed by atoms with Crippen molar-refractivity contribution in [3.63, 3.8) is 0 Å². The largest absolute Gasteiger partial charge is 0.467 e. The van der Waals surface area contributed by atoms with Crippen LogP contribution in [0.4, 0.5) is 0 Å². The van der Waals surface area contributed by atoms with Crippen molar-refractivity contribution in [2.45, 2.75) is 31.2 Å². The van der Waals surface area contributed by atoms with Crippen molar-refractivity contribution < 1.29 is 14.3 Å². The number of aliphatic imine (C=N–C) groups is 2. The van der Waals surface area contributed by atoms with Crippen LogP contribution in [0.15, 0.2) is 9.98 Å². The van der Waals surface area contributed by atoms with Crippen LogP contribution in [0, 0.1) is 5.92 Å². The lowest BCUT2D eigenvalue weighted by molar-refractivity contribution is -0.142. The second-order valence-corrected chi connectivity index (χ2v) is 7.21. The maximum atomic E-state index is 12.0. The number of rotatable bonds is 5. The minimum absolute atomic E-state index is 0.0441. The van der Waals surface area contributed by atoms with Gasteiger partial charge in [0.05, 0.1) is 18.5 Å². The van der Waals surface area contributed by atoms with E-state index in [-0.39, 0.29) is 17.3 Å². The minimum atomic E-state index is -0.503. The van der Waals surface area contributed by atoms with E-state index in [1.165, 1.54) is 7.11 Å². The second kappa shape index (κ2) is 6.95. The fourth-order valence-electron chi connectivity index (χ4n) is 2.33. The Morgan fingerprint density at radius 2 is 2.10 bits per heavy atom. The summed E-state index contributed by atoms with van der Waals surface area (Å²) in [6, 6.07) is -0.503. The second-order valence-electron chi connectivity index (χ2n) is 4.96. The Kier molecular flexibility index (Phi) is 5.51. The van der Waals surface area contributed by atoms with Crippen LogP contribution >= 0.6 is 23.5 Å². The molecule has 2 aliphatic rings. The van der Waals surface area contributed by atoms with Crippen molar-refractivity contribution in [3.8, 4) is 0 Å². The molecule has 2 aliphatic heterocycles. The molecule has 2 rings (SSSR count). The summed E-state index contributed by atoms with van der Waals surface area (Å²) >= 11 is 3.29. The molecule has 5 nitrogen and oxygen atoms in total. The quantitative estimate of drug-likeness (QED) is 0.725. The Balaban J connectivity index is 2.22. The maximum Gasteiger partial charge on any atom is 0.331 e. The third kappa shape index (κ3) is 3.20. The molecule has 0 saturated carbocycles. The first kappa shape index (κ1) is 15.9. The van der Waals surface area contributed by atoms with Gasteiger partial charge >= 0.3 is 5.97 Å². The van der Waals surface area contributed by atoms with Crippen molar-refractivity contribution in [1.29, 1.82) is 0 Å². The summed E-state index contributed by atoms with van der Waals surface area (Å²) in [5.41, 5.74) is 0. The number of carbonyl (C=O) groups excluding carboxylic acids is 1. The first-order chi connectivity index (χ1) is 9.58. The van der Waals surface area contributed by atoms with Crippen LogP contribution in [0.2, 0.25) is 0 Å². The number of ether oxygens (including phenoxy) is 2. The van der Waals surface area contributed by atoms with Crippen LogP contribution in [-0.4, -0.2) is 60.0 Å². The molecular formula is C13H20N2O3S2. The standard InChI is InChI=1S/C13H20N2O3S2/c1-7(2)9(17-3)10-8(13(16)18-4)15-12(20-10)11-14-5-6-19-11/h7-10H,5-6H2,1-4H3. The molecule has 0 aromatic heterocycles. The average Bonchev–Trinajstić information content (AvgIpc) is 3.07. The summed E-state index contributed by atoms with van der Waals surface area (Å²) in [6.45, 7) is 5.00. The summed E-state index contributed by atoms with van der Waals surface area (Å²) in [4.78, 5) is 21.0. The maximum absolute atomic E-state index is 12.0. The highest BCUT2D eigenvalue weighted by atomic mass is 32.2. The molecule has 0 spiro atoms. The predicted octanol–water partition coefficient (Wildman–Crippen LogP) is 1.86. The summed E-state index contributed by atoms with van der Waals surface area (Å²) in [5.74, 6) is 0.988. The van der Waals surface area contributed by atoms with Gasteiger partial charge in [0.2, 0.25) is 0 Å². The molecule has 0 aromatic rings. The van der Waals surface area contributed by atoms with E-state index in [1.54, 1.807) is 30.6 Å². The number of hydrogen-bond acceptors (Lipinski definition) is 7. The van der Waals surface area contributed by atoms with E-state index >= 15 is 0 Å². The number of methoxy groups -OCH3 is 2. The molecular weight excluding hydrogens is 296 g/mol. The van der Waals surface area contributed by atoms with Crippen LogP contribution in [0.1, 0.15) is 13.8 Å². The number of nitrogens with zero attached hydrogens (tertiary/aromatic N) is 2. The van der Waals surface area contributed by atoms with Gasteiger partial charge in [-0.2, -0.15) is 0 Å². The first-order valence-corrected chi connectivity index (χ1v) is 8.47. The van der Waals surface area contributed by atoms with Gasteiger partial charge in [-0.25, -0.2) is 4.79 Å². The number of carbonyl (C=O) groups is 1. The molecule has 0 bridgehead atoms. The molecule has 2 heterocycles. The van der Waals surface area contributed by atoms with E-state index in [1.807, 2.05) is 0 Å². The smallest absolute Gasteiger partial charge is 0.331 e. The molecule has 0 aliphatic carbocycles. The van der Waals surface area contributed by atoms with Crippen molar-refractivity contribution in [3.05, 3.63) is 0 Å². The van der Waals surface area contributed by atoms with Crippen LogP contribution in [0.5, 0.6) is 0 Å². The molecule has 112 valence electrons. The Morgan fingerprint density at radius 1 is 1.35 bits per heavy atom. The van der Waals surface area contributed by atoms with Crippen LogP contribution < -0.4 is 0 Å². The Bertz CT molecular complexity index is 437. The number of hydrogen-bond donors (Lipinski definition) is 0. The summed E-state index contributed by atoms with van der Waals surface area (Å²) < 4.78 is 10.5. The van der Waals surface area contributed by atoms with Gasteiger partial charge in [0.25, 0.3) is 0 Å². The van der Waals surface area contributed by atoms with Crippen molar-refractivity contribution in [2.75, 3.05) is 26.5 Å². The molecule has 0 amide bonds. The molecule has 3 atom stereocenters.